The molecule has 46 heavy (non-hydrogen) atoms. The molecule has 8 nitrogen and oxygen atoms in total. The lowest BCUT2D eigenvalue weighted by molar-refractivity contribution is -0.171. The molecular weight excluding hydrogens is 584 g/mol. The molecule has 3 fully saturated rings. The van der Waals surface area contributed by atoms with Crippen LogP contribution >= 0.6 is 0 Å². The van der Waals surface area contributed by atoms with Gasteiger partial charge in [0.1, 0.15) is 6.10 Å². The first-order valence-corrected chi connectivity index (χ1v) is 16.1. The van der Waals surface area contributed by atoms with E-state index in [-0.39, 0.29) is 30.1 Å². The number of hydrogen-bond donors (Lipinski definition) is 0. The highest BCUT2D eigenvalue weighted by atomic mass is 16.6. The second kappa shape index (κ2) is 12.0. The molecule has 1 aliphatic heterocycles. The molecular formula is C38H42O8. The van der Waals surface area contributed by atoms with Crippen LogP contribution in [0.4, 0.5) is 0 Å². The number of rotatable bonds is 7. The van der Waals surface area contributed by atoms with Crippen LogP contribution in [0.15, 0.2) is 78.4 Å². The van der Waals surface area contributed by atoms with Gasteiger partial charge in [0, 0.05) is 25.3 Å². The molecule has 2 aromatic carbocycles. The zero-order valence-electron chi connectivity index (χ0n) is 27.1. The average Bonchev–Trinajstić information content (AvgIpc) is 3.80. The van der Waals surface area contributed by atoms with E-state index in [0.29, 0.717) is 17.1 Å². The van der Waals surface area contributed by atoms with Crippen molar-refractivity contribution in [3.05, 3.63) is 89.5 Å². The Morgan fingerprint density at radius 3 is 2.35 bits per heavy atom. The monoisotopic (exact) mass is 626 g/mol. The quantitative estimate of drug-likeness (QED) is 0.156. The molecule has 0 bridgehead atoms. The van der Waals surface area contributed by atoms with Crippen molar-refractivity contribution in [1.29, 1.82) is 0 Å². The molecule has 3 aliphatic carbocycles. The number of carbonyl (C=O) groups excluding carboxylic acids is 4. The number of esters is 3. The van der Waals surface area contributed by atoms with Crippen LogP contribution in [0.3, 0.4) is 0 Å². The van der Waals surface area contributed by atoms with Gasteiger partial charge in [0.25, 0.3) is 0 Å². The largest absolute Gasteiger partial charge is 0.462 e. The number of ketones is 1. The number of epoxide rings is 1. The van der Waals surface area contributed by atoms with E-state index < -0.39 is 53.2 Å². The lowest BCUT2D eigenvalue weighted by Crippen LogP contribution is -2.52. The van der Waals surface area contributed by atoms with Gasteiger partial charge in [-0.2, -0.15) is 0 Å². The lowest BCUT2D eigenvalue weighted by atomic mass is 9.77. The van der Waals surface area contributed by atoms with Crippen molar-refractivity contribution < 1.29 is 38.1 Å². The molecule has 0 aromatic heterocycles. The van der Waals surface area contributed by atoms with Crippen molar-refractivity contribution in [2.45, 2.75) is 77.3 Å². The van der Waals surface area contributed by atoms with Gasteiger partial charge in [0.2, 0.25) is 5.78 Å². The number of ether oxygens (including phenoxy) is 4. The molecule has 4 aliphatic rings. The van der Waals surface area contributed by atoms with E-state index in [2.05, 4.69) is 13.8 Å². The van der Waals surface area contributed by atoms with E-state index in [0.717, 1.165) is 18.4 Å². The predicted molar refractivity (Wildman–Crippen MR) is 170 cm³/mol. The van der Waals surface area contributed by atoms with Gasteiger partial charge in [0.05, 0.1) is 29.8 Å². The Morgan fingerprint density at radius 1 is 1.00 bits per heavy atom. The van der Waals surface area contributed by atoms with Crippen LogP contribution in [0.5, 0.6) is 0 Å². The van der Waals surface area contributed by atoms with Crippen molar-refractivity contribution in [2.24, 2.45) is 29.1 Å². The molecule has 0 amide bonds. The first-order valence-electron chi connectivity index (χ1n) is 16.1. The van der Waals surface area contributed by atoms with E-state index >= 15 is 0 Å². The molecule has 1 saturated heterocycles. The second-order valence-electron chi connectivity index (χ2n) is 14.1. The average molecular weight is 627 g/mol. The topological polar surface area (TPSA) is 108 Å². The molecule has 8 atom stereocenters. The first kappa shape index (κ1) is 31.9. The Balaban J connectivity index is 1.40. The summed E-state index contributed by atoms with van der Waals surface area (Å²) in [4.78, 5) is 54.0. The number of hydrogen-bond acceptors (Lipinski definition) is 8. The molecule has 0 spiro atoms. The number of Topliss-reactive ketones (excluding diaryl/α,β-unsaturated/α-hetero) is 1. The van der Waals surface area contributed by atoms with Crippen LogP contribution in [0.1, 0.15) is 69.8 Å². The molecule has 0 radical (unpaired) electrons. The first-order chi connectivity index (χ1) is 21.9. The van der Waals surface area contributed by atoms with Gasteiger partial charge in [-0.3, -0.25) is 9.59 Å². The van der Waals surface area contributed by atoms with Crippen LogP contribution < -0.4 is 0 Å². The minimum absolute atomic E-state index is 0.0000411. The summed E-state index contributed by atoms with van der Waals surface area (Å²) in [6.45, 7) is 9.38. The Kier molecular flexibility index (Phi) is 8.30. The normalized spacial score (nSPS) is 35.3. The van der Waals surface area contributed by atoms with Gasteiger partial charge >= 0.3 is 17.9 Å². The predicted octanol–water partition coefficient (Wildman–Crippen LogP) is 6.15. The molecule has 8 heteroatoms. The summed E-state index contributed by atoms with van der Waals surface area (Å²) in [5.41, 5.74) is -0.608. The highest BCUT2D eigenvalue weighted by Crippen LogP contribution is 2.65. The molecule has 1 heterocycles. The minimum Gasteiger partial charge on any atom is -0.462 e. The van der Waals surface area contributed by atoms with Gasteiger partial charge in [-0.05, 0) is 73.3 Å². The van der Waals surface area contributed by atoms with E-state index in [1.807, 2.05) is 43.3 Å². The molecule has 0 N–H and O–H groups in total. The number of fused-ring (bicyclic) bond motifs is 4. The van der Waals surface area contributed by atoms with Crippen molar-refractivity contribution in [3.63, 3.8) is 0 Å². The lowest BCUT2D eigenvalue weighted by Gasteiger charge is -2.35. The van der Waals surface area contributed by atoms with Gasteiger partial charge in [-0.15, -0.1) is 0 Å². The third-order valence-electron chi connectivity index (χ3n) is 10.7. The number of benzene rings is 2. The third kappa shape index (κ3) is 5.95. The number of carbonyl (C=O) groups is 4. The Hall–Kier alpha value is -4.04. The maximum atomic E-state index is 14.8. The molecule has 6 rings (SSSR count). The van der Waals surface area contributed by atoms with Crippen LogP contribution in [-0.2, 0) is 33.3 Å². The van der Waals surface area contributed by atoms with Crippen LogP contribution in [-0.4, -0.2) is 53.7 Å². The summed E-state index contributed by atoms with van der Waals surface area (Å²) < 4.78 is 24.5. The zero-order valence-corrected chi connectivity index (χ0v) is 27.1. The van der Waals surface area contributed by atoms with E-state index in [4.69, 9.17) is 18.9 Å². The number of allylic oxidation sites excluding steroid dienone is 1. The van der Waals surface area contributed by atoms with Crippen molar-refractivity contribution in [3.8, 4) is 0 Å². The summed E-state index contributed by atoms with van der Waals surface area (Å²) in [5, 5.41) is 0. The SMILES string of the molecule is CC(=O)O[C@H]1[C@@H](COC(=O)c2ccccc2)C[C@]2(OC(=O)/C=C/c3ccccc3)C(=O)/C(C)=C/[C@@H]3[C@H](CC[C@@]4(C)O[C@@H]4[C@@H]12)C3(C)C. The summed E-state index contributed by atoms with van der Waals surface area (Å²) in [7, 11) is 0. The zero-order chi connectivity index (χ0) is 32.9. The minimum atomic E-state index is -1.72. The summed E-state index contributed by atoms with van der Waals surface area (Å²) in [6.07, 6.45) is 5.23. The van der Waals surface area contributed by atoms with Crippen LogP contribution in [0.2, 0.25) is 0 Å². The van der Waals surface area contributed by atoms with Crippen molar-refractivity contribution in [1.82, 2.24) is 0 Å². The van der Waals surface area contributed by atoms with Crippen molar-refractivity contribution in [2.75, 3.05) is 6.61 Å². The fourth-order valence-corrected chi connectivity index (χ4v) is 8.01. The van der Waals surface area contributed by atoms with Gasteiger partial charge in [0.15, 0.2) is 5.60 Å². The Labute approximate surface area is 270 Å². The van der Waals surface area contributed by atoms with Crippen LogP contribution in [0.25, 0.3) is 6.08 Å². The summed E-state index contributed by atoms with van der Waals surface area (Å²) in [5.74, 6) is -2.96. The summed E-state index contributed by atoms with van der Waals surface area (Å²) in [6, 6.07) is 17.9. The van der Waals surface area contributed by atoms with E-state index in [9.17, 15) is 19.2 Å². The molecule has 2 saturated carbocycles. The Bertz CT molecular complexity index is 1580. The fourth-order valence-electron chi connectivity index (χ4n) is 8.01. The second-order valence-corrected chi connectivity index (χ2v) is 14.1. The van der Waals surface area contributed by atoms with Gasteiger partial charge < -0.3 is 18.9 Å². The molecule has 2 aromatic rings. The van der Waals surface area contributed by atoms with E-state index in [1.54, 1.807) is 43.3 Å². The fraction of sp³-hybridized carbons (Fsp3) is 0.474. The third-order valence-corrected chi connectivity index (χ3v) is 10.7. The smallest absolute Gasteiger partial charge is 0.338 e. The van der Waals surface area contributed by atoms with Gasteiger partial charge in [-0.25, -0.2) is 9.59 Å². The van der Waals surface area contributed by atoms with Crippen LogP contribution in [0, 0.1) is 29.1 Å². The molecule has 0 unspecified atom stereocenters. The highest BCUT2D eigenvalue weighted by molar-refractivity contribution is 6.04. The highest BCUT2D eigenvalue weighted by Gasteiger charge is 2.73. The maximum Gasteiger partial charge on any atom is 0.338 e. The summed E-state index contributed by atoms with van der Waals surface area (Å²) >= 11 is 0. The van der Waals surface area contributed by atoms with Crippen molar-refractivity contribution >= 4 is 29.8 Å². The molecule has 242 valence electrons. The Morgan fingerprint density at radius 2 is 1.67 bits per heavy atom. The van der Waals surface area contributed by atoms with Gasteiger partial charge in [-0.1, -0.05) is 68.5 Å². The van der Waals surface area contributed by atoms with E-state index in [1.165, 1.54) is 13.0 Å². The standard InChI is InChI=1S/C38H42O8/c1-23-20-29-28(36(29,3)4)18-19-37(5)34(46-37)31-32(44-24(2)39)27(22-43-35(42)26-14-10-7-11-15-26)21-38(31,33(23)41)45-30(40)17-16-25-12-8-6-9-13-25/h6-17,20,27-29,31-32,34H,18-19,21-22H2,1-5H3/b17-16+,23-20+/t27-,28+,29-,31-,32+,34-,37-,38-/m1/s1. The maximum absolute atomic E-state index is 14.8.